The number of amides is 1. The Morgan fingerprint density at radius 1 is 1.38 bits per heavy atom. The Labute approximate surface area is 131 Å². The molecule has 0 saturated carbocycles. The van der Waals surface area contributed by atoms with E-state index in [-0.39, 0.29) is 16.0 Å². The van der Waals surface area contributed by atoms with Gasteiger partial charge in [0.05, 0.1) is 17.2 Å². The third-order valence-electron chi connectivity index (χ3n) is 2.66. The van der Waals surface area contributed by atoms with Crippen LogP contribution in [0.4, 0.5) is 0 Å². The first-order valence-electron chi connectivity index (χ1n) is 6.11. The van der Waals surface area contributed by atoms with E-state index in [1.165, 1.54) is 19.2 Å². The Hall–Kier alpha value is -1.79. The number of carbonyl (C=O) groups excluding carboxylic acids is 1. The smallest absolute Gasteiger partial charge is 0.251 e. The van der Waals surface area contributed by atoms with Crippen LogP contribution in [0.1, 0.15) is 22.1 Å². The summed E-state index contributed by atoms with van der Waals surface area (Å²) in [5.74, 6) is 1.08. The van der Waals surface area contributed by atoms with Crippen molar-refractivity contribution < 1.29 is 14.1 Å². The standard InChI is InChI=1S/C13H13Cl2N3O3/c1-7-17-11(21-18-7)3-4-16-13(19)8-5-9(14)12(20-2)10(15)6-8/h5-6H,3-4H2,1-2H3,(H,16,19). The number of aromatic nitrogens is 2. The van der Waals surface area contributed by atoms with Gasteiger partial charge in [0.15, 0.2) is 11.6 Å². The van der Waals surface area contributed by atoms with E-state index in [4.69, 9.17) is 32.5 Å². The van der Waals surface area contributed by atoms with E-state index in [0.29, 0.717) is 36.0 Å². The van der Waals surface area contributed by atoms with Crippen LogP contribution >= 0.6 is 23.2 Å². The fourth-order valence-corrected chi connectivity index (χ4v) is 2.35. The van der Waals surface area contributed by atoms with Crippen molar-refractivity contribution in [3.63, 3.8) is 0 Å². The largest absolute Gasteiger partial charge is 0.494 e. The molecule has 1 amide bonds. The molecule has 112 valence electrons. The molecule has 0 aliphatic heterocycles. The predicted molar refractivity (Wildman–Crippen MR) is 78.1 cm³/mol. The number of hydrogen-bond acceptors (Lipinski definition) is 5. The second kappa shape index (κ2) is 6.78. The van der Waals surface area contributed by atoms with Crippen LogP contribution < -0.4 is 10.1 Å². The predicted octanol–water partition coefficient (Wildman–Crippen LogP) is 2.67. The van der Waals surface area contributed by atoms with Crippen molar-refractivity contribution in [3.05, 3.63) is 39.5 Å². The van der Waals surface area contributed by atoms with Gasteiger partial charge in [-0.15, -0.1) is 0 Å². The maximum Gasteiger partial charge on any atom is 0.251 e. The maximum atomic E-state index is 12.0. The lowest BCUT2D eigenvalue weighted by Gasteiger charge is -2.09. The second-order valence-corrected chi connectivity index (χ2v) is 5.03. The highest BCUT2D eigenvalue weighted by molar-refractivity contribution is 6.37. The fraction of sp³-hybridized carbons (Fsp3) is 0.308. The van der Waals surface area contributed by atoms with E-state index in [9.17, 15) is 4.79 Å². The van der Waals surface area contributed by atoms with Crippen molar-refractivity contribution in [2.45, 2.75) is 13.3 Å². The Morgan fingerprint density at radius 2 is 2.05 bits per heavy atom. The molecule has 1 heterocycles. The molecule has 21 heavy (non-hydrogen) atoms. The molecule has 0 saturated heterocycles. The third kappa shape index (κ3) is 3.86. The van der Waals surface area contributed by atoms with Gasteiger partial charge in [0.25, 0.3) is 5.91 Å². The maximum absolute atomic E-state index is 12.0. The summed E-state index contributed by atoms with van der Waals surface area (Å²) in [4.78, 5) is 16.1. The lowest BCUT2D eigenvalue weighted by Crippen LogP contribution is -2.25. The van der Waals surface area contributed by atoms with Crippen molar-refractivity contribution in [2.24, 2.45) is 0 Å². The van der Waals surface area contributed by atoms with E-state index in [1.807, 2.05) is 0 Å². The summed E-state index contributed by atoms with van der Waals surface area (Å²) in [5.41, 5.74) is 0.354. The van der Waals surface area contributed by atoms with Crippen molar-refractivity contribution in [3.8, 4) is 5.75 Å². The van der Waals surface area contributed by atoms with E-state index in [0.717, 1.165) is 0 Å². The van der Waals surface area contributed by atoms with Gasteiger partial charge >= 0.3 is 0 Å². The Balaban J connectivity index is 1.97. The second-order valence-electron chi connectivity index (χ2n) is 4.21. The lowest BCUT2D eigenvalue weighted by atomic mass is 10.2. The van der Waals surface area contributed by atoms with Crippen LogP contribution in [-0.2, 0) is 6.42 Å². The number of halogens is 2. The van der Waals surface area contributed by atoms with Crippen LogP contribution in [-0.4, -0.2) is 29.7 Å². The number of methoxy groups -OCH3 is 1. The van der Waals surface area contributed by atoms with Crippen molar-refractivity contribution in [2.75, 3.05) is 13.7 Å². The minimum atomic E-state index is -0.294. The summed E-state index contributed by atoms with van der Waals surface area (Å²) in [5, 5.41) is 6.95. The molecule has 0 atom stereocenters. The van der Waals surface area contributed by atoms with Gasteiger partial charge in [-0.05, 0) is 19.1 Å². The van der Waals surface area contributed by atoms with Crippen LogP contribution in [0.25, 0.3) is 0 Å². The quantitative estimate of drug-likeness (QED) is 0.912. The number of nitrogens with zero attached hydrogens (tertiary/aromatic N) is 2. The summed E-state index contributed by atoms with van der Waals surface area (Å²) < 4.78 is 9.98. The van der Waals surface area contributed by atoms with Gasteiger partial charge in [0.1, 0.15) is 0 Å². The number of carbonyl (C=O) groups is 1. The van der Waals surface area contributed by atoms with Crippen LogP contribution in [0.3, 0.4) is 0 Å². The normalized spacial score (nSPS) is 10.5. The van der Waals surface area contributed by atoms with Crippen molar-refractivity contribution in [1.82, 2.24) is 15.5 Å². The van der Waals surface area contributed by atoms with Gasteiger partial charge in [-0.25, -0.2) is 0 Å². The zero-order valence-electron chi connectivity index (χ0n) is 11.4. The highest BCUT2D eigenvalue weighted by Gasteiger charge is 2.13. The first-order chi connectivity index (χ1) is 10.0. The zero-order valence-corrected chi connectivity index (χ0v) is 13.0. The minimum absolute atomic E-state index is 0.280. The molecule has 0 spiro atoms. The number of ether oxygens (including phenoxy) is 1. The molecule has 0 fully saturated rings. The number of aryl methyl sites for hydroxylation is 1. The minimum Gasteiger partial charge on any atom is -0.494 e. The summed E-state index contributed by atoms with van der Waals surface area (Å²) in [6.45, 7) is 2.09. The van der Waals surface area contributed by atoms with Crippen LogP contribution in [0.15, 0.2) is 16.7 Å². The third-order valence-corrected chi connectivity index (χ3v) is 3.22. The first-order valence-corrected chi connectivity index (χ1v) is 6.87. The topological polar surface area (TPSA) is 77.2 Å². The number of hydrogen-bond donors (Lipinski definition) is 1. The van der Waals surface area contributed by atoms with Crippen molar-refractivity contribution in [1.29, 1.82) is 0 Å². The highest BCUT2D eigenvalue weighted by Crippen LogP contribution is 2.33. The molecular weight excluding hydrogens is 317 g/mol. The van der Waals surface area contributed by atoms with Crippen LogP contribution in [0, 0.1) is 6.92 Å². The van der Waals surface area contributed by atoms with Crippen molar-refractivity contribution >= 4 is 29.1 Å². The molecule has 0 aliphatic carbocycles. The summed E-state index contributed by atoms with van der Waals surface area (Å²) in [6, 6.07) is 3.00. The number of nitrogens with one attached hydrogen (secondary N) is 1. The Bertz CT molecular complexity index is 635. The molecule has 1 aromatic heterocycles. The van der Waals surface area contributed by atoms with E-state index in [1.54, 1.807) is 6.92 Å². The van der Waals surface area contributed by atoms with E-state index in [2.05, 4.69) is 15.5 Å². The van der Waals surface area contributed by atoms with E-state index < -0.39 is 0 Å². The summed E-state index contributed by atoms with van der Waals surface area (Å²) in [7, 11) is 1.46. The molecule has 6 nitrogen and oxygen atoms in total. The molecule has 2 aromatic rings. The molecule has 2 rings (SSSR count). The molecule has 1 aromatic carbocycles. The summed E-state index contributed by atoms with van der Waals surface area (Å²) in [6.07, 6.45) is 0.449. The zero-order chi connectivity index (χ0) is 15.4. The monoisotopic (exact) mass is 329 g/mol. The van der Waals surface area contributed by atoms with Gasteiger partial charge < -0.3 is 14.6 Å². The fourth-order valence-electron chi connectivity index (χ4n) is 1.71. The number of rotatable bonds is 5. The molecular formula is C13H13Cl2N3O3. The van der Waals surface area contributed by atoms with E-state index >= 15 is 0 Å². The van der Waals surface area contributed by atoms with Crippen LogP contribution in [0.2, 0.25) is 10.0 Å². The van der Waals surface area contributed by atoms with Crippen LogP contribution in [0.5, 0.6) is 5.75 Å². The molecule has 0 bridgehead atoms. The molecule has 0 radical (unpaired) electrons. The SMILES string of the molecule is COc1c(Cl)cc(C(=O)NCCc2nc(C)no2)cc1Cl. The first kappa shape index (κ1) is 15.6. The molecule has 0 aliphatic rings. The average molecular weight is 330 g/mol. The van der Waals surface area contributed by atoms with Gasteiger partial charge in [-0.2, -0.15) is 4.98 Å². The van der Waals surface area contributed by atoms with Gasteiger partial charge in [0.2, 0.25) is 5.89 Å². The van der Waals surface area contributed by atoms with Gasteiger partial charge in [-0.1, -0.05) is 28.4 Å². The van der Waals surface area contributed by atoms with Gasteiger partial charge in [0, 0.05) is 18.5 Å². The lowest BCUT2D eigenvalue weighted by molar-refractivity contribution is 0.0953. The van der Waals surface area contributed by atoms with Gasteiger partial charge in [-0.3, -0.25) is 4.79 Å². The molecule has 0 unspecified atom stereocenters. The number of benzene rings is 1. The average Bonchev–Trinajstić information content (AvgIpc) is 2.84. The highest BCUT2D eigenvalue weighted by atomic mass is 35.5. The Morgan fingerprint density at radius 3 is 2.57 bits per heavy atom. The molecule has 8 heteroatoms. The Kier molecular flexibility index (Phi) is 5.03. The molecule has 1 N–H and O–H groups in total. The summed E-state index contributed by atoms with van der Waals surface area (Å²) >= 11 is 12.0.